The maximum absolute atomic E-state index is 13.1. The summed E-state index contributed by atoms with van der Waals surface area (Å²) in [6.45, 7) is 2.74. The second-order valence-corrected chi connectivity index (χ2v) is 10.6. The van der Waals surface area contributed by atoms with E-state index in [1.165, 1.54) is 31.0 Å². The summed E-state index contributed by atoms with van der Waals surface area (Å²) in [7, 11) is 0. The number of nitrogens with one attached hydrogen (secondary N) is 1. The normalized spacial score (nSPS) is 19.7. The van der Waals surface area contributed by atoms with E-state index < -0.39 is 40.8 Å². The third kappa shape index (κ3) is 5.27. The molecule has 0 aromatic carbocycles. The molecule has 2 aliphatic rings. The molecule has 194 valence electrons. The lowest BCUT2D eigenvalue weighted by Gasteiger charge is -2.50. The first kappa shape index (κ1) is 26.1. The highest BCUT2D eigenvalue weighted by molar-refractivity contribution is 8.00. The van der Waals surface area contributed by atoms with Crippen molar-refractivity contribution in [2.75, 3.05) is 11.5 Å². The summed E-state index contributed by atoms with van der Waals surface area (Å²) in [5, 5.41) is 28.4. The SMILES string of the molecule is CC(C)(O/N=C(\C(=O)N[C@H]1C(=O)N2C(C(=O)[O-])=C(C[n+]3ccccc3)CS[C@@H]12)c1csc(N)n1)C(=O)O. The van der Waals surface area contributed by atoms with Gasteiger partial charge in [0.1, 0.15) is 17.1 Å². The molecule has 1 saturated heterocycles. The number of pyridine rings is 1. The van der Waals surface area contributed by atoms with E-state index in [9.17, 15) is 29.4 Å². The summed E-state index contributed by atoms with van der Waals surface area (Å²) in [4.78, 5) is 59.6. The lowest BCUT2D eigenvalue weighted by molar-refractivity contribution is -0.689. The van der Waals surface area contributed by atoms with Gasteiger partial charge in [-0.25, -0.2) is 14.3 Å². The molecular weight excluding hydrogens is 524 g/mol. The third-order valence-corrected chi connectivity index (χ3v) is 7.55. The first-order chi connectivity index (χ1) is 17.5. The van der Waals surface area contributed by atoms with Gasteiger partial charge in [0.25, 0.3) is 11.8 Å². The monoisotopic (exact) mass is 546 g/mol. The van der Waals surface area contributed by atoms with Crippen molar-refractivity contribution in [1.29, 1.82) is 0 Å². The summed E-state index contributed by atoms with van der Waals surface area (Å²) in [5.74, 6) is -4.01. The van der Waals surface area contributed by atoms with Gasteiger partial charge in [0.15, 0.2) is 29.8 Å². The van der Waals surface area contributed by atoms with Crippen LogP contribution in [0.15, 0.2) is 52.4 Å². The van der Waals surface area contributed by atoms with Crippen LogP contribution < -0.4 is 20.7 Å². The molecule has 4 heterocycles. The number of thiazole rings is 1. The number of thioether (sulfide) groups is 1. The number of carbonyl (C=O) groups excluding carboxylic acids is 3. The van der Waals surface area contributed by atoms with Crippen molar-refractivity contribution in [3.63, 3.8) is 0 Å². The molecule has 2 aromatic heterocycles. The predicted molar refractivity (Wildman–Crippen MR) is 130 cm³/mol. The highest BCUT2D eigenvalue weighted by Crippen LogP contribution is 2.40. The van der Waals surface area contributed by atoms with Gasteiger partial charge >= 0.3 is 5.97 Å². The number of carbonyl (C=O) groups is 4. The van der Waals surface area contributed by atoms with E-state index in [4.69, 9.17) is 10.6 Å². The quantitative estimate of drug-likeness (QED) is 0.147. The fourth-order valence-corrected chi connectivity index (χ4v) is 5.45. The number of hydrogen-bond acceptors (Lipinski definition) is 11. The van der Waals surface area contributed by atoms with Crippen LogP contribution in [0, 0.1) is 0 Å². The number of hydrogen-bond donors (Lipinski definition) is 3. The van der Waals surface area contributed by atoms with Gasteiger partial charge in [0.2, 0.25) is 5.60 Å². The Morgan fingerprint density at radius 2 is 2.05 bits per heavy atom. The van der Waals surface area contributed by atoms with Gasteiger partial charge in [-0.05, 0) is 13.8 Å². The highest BCUT2D eigenvalue weighted by atomic mass is 32.2. The minimum absolute atomic E-state index is 0.0265. The first-order valence-corrected chi connectivity index (χ1v) is 12.8. The molecule has 2 atom stereocenters. The summed E-state index contributed by atoms with van der Waals surface area (Å²) in [6.07, 6.45) is 3.55. The van der Waals surface area contributed by atoms with E-state index in [-0.39, 0.29) is 28.8 Å². The van der Waals surface area contributed by atoms with Crippen LogP contribution in [-0.2, 0) is 30.6 Å². The van der Waals surface area contributed by atoms with Crippen LogP contribution in [0.3, 0.4) is 0 Å². The Labute approximate surface area is 218 Å². The fourth-order valence-electron chi connectivity index (χ4n) is 3.56. The number of anilines is 1. The Balaban J connectivity index is 1.55. The molecule has 4 N–H and O–H groups in total. The lowest BCUT2D eigenvalue weighted by atomic mass is 10.0. The molecule has 2 aliphatic heterocycles. The molecule has 15 heteroatoms. The zero-order valence-corrected chi connectivity index (χ0v) is 21.2. The van der Waals surface area contributed by atoms with E-state index >= 15 is 0 Å². The Bertz CT molecular complexity index is 1320. The van der Waals surface area contributed by atoms with E-state index in [0.29, 0.717) is 11.3 Å². The molecule has 0 radical (unpaired) electrons. The minimum Gasteiger partial charge on any atom is -0.543 e. The number of aromatic nitrogens is 2. The molecule has 2 amide bonds. The van der Waals surface area contributed by atoms with E-state index in [1.807, 2.05) is 6.07 Å². The molecule has 1 fully saturated rings. The molecular formula is C22H22N6O7S2. The zero-order valence-electron chi connectivity index (χ0n) is 19.6. The maximum atomic E-state index is 13.1. The number of oxime groups is 1. The standard InChI is InChI=1S/C22H22N6O7S2/c1-22(2,20(33)34)35-26-13(12-10-37-21(23)24-12)16(29)25-14-17(30)28-15(19(31)32)11(9-36-18(14)28)8-27-6-4-3-5-7-27/h3-7,10,14,18H,8-9H2,1-2H3,(H4-,23,24,25,29,31,32,33,34)/b26-13-/t14-,18-/m0/s1. The van der Waals surface area contributed by atoms with Crippen LogP contribution in [0.1, 0.15) is 19.5 Å². The number of aliphatic carboxylic acids is 2. The number of carboxylic acids is 2. The van der Waals surface area contributed by atoms with Gasteiger partial charge in [-0.3, -0.25) is 14.5 Å². The topological polar surface area (TPSA) is 191 Å². The largest absolute Gasteiger partial charge is 0.543 e. The summed E-state index contributed by atoms with van der Waals surface area (Å²) < 4.78 is 1.78. The van der Waals surface area contributed by atoms with Gasteiger partial charge in [-0.15, -0.1) is 23.1 Å². The molecule has 0 bridgehead atoms. The number of fused-ring (bicyclic) bond motifs is 1. The van der Waals surface area contributed by atoms with Gasteiger partial charge < -0.3 is 30.9 Å². The van der Waals surface area contributed by atoms with Crippen LogP contribution in [0.5, 0.6) is 0 Å². The van der Waals surface area contributed by atoms with Crippen molar-refractivity contribution < 1.29 is 38.8 Å². The Hall–Kier alpha value is -3.98. The number of rotatable bonds is 9. The summed E-state index contributed by atoms with van der Waals surface area (Å²) in [6, 6.07) is 4.36. The van der Waals surface area contributed by atoms with E-state index in [2.05, 4.69) is 15.5 Å². The minimum atomic E-state index is -1.75. The van der Waals surface area contributed by atoms with Crippen molar-refractivity contribution >= 4 is 57.7 Å². The lowest BCUT2D eigenvalue weighted by Crippen LogP contribution is -2.71. The Morgan fingerprint density at radius 3 is 2.65 bits per heavy atom. The fraction of sp³-hybridized carbons (Fsp3) is 0.318. The zero-order chi connectivity index (χ0) is 26.9. The van der Waals surface area contributed by atoms with Crippen LogP contribution in [0.4, 0.5) is 5.13 Å². The number of nitrogen functional groups attached to an aromatic ring is 1. The van der Waals surface area contributed by atoms with Crippen LogP contribution >= 0.6 is 23.1 Å². The number of nitrogens with zero attached hydrogens (tertiary/aromatic N) is 4. The first-order valence-electron chi connectivity index (χ1n) is 10.8. The van der Waals surface area contributed by atoms with E-state index in [1.54, 1.807) is 29.1 Å². The average Bonchev–Trinajstić information content (AvgIpc) is 3.28. The van der Waals surface area contributed by atoms with Crippen molar-refractivity contribution in [3.8, 4) is 0 Å². The number of β-lactam (4-membered cyclic amide) rings is 1. The number of carboxylic acid groups (broad SMARTS) is 2. The second-order valence-electron chi connectivity index (χ2n) is 8.57. The summed E-state index contributed by atoms with van der Waals surface area (Å²) in [5.41, 5.74) is 3.83. The van der Waals surface area contributed by atoms with Crippen molar-refractivity contribution in [2.45, 2.75) is 37.4 Å². The average molecular weight is 547 g/mol. The third-order valence-electron chi connectivity index (χ3n) is 5.54. The number of nitrogens with two attached hydrogens (primary N) is 1. The summed E-state index contributed by atoms with van der Waals surface area (Å²) >= 11 is 2.32. The van der Waals surface area contributed by atoms with Crippen molar-refractivity contribution in [1.82, 2.24) is 15.2 Å². The highest BCUT2D eigenvalue weighted by Gasteiger charge is 2.53. The van der Waals surface area contributed by atoms with Gasteiger partial charge in [0, 0.05) is 28.8 Å². The Morgan fingerprint density at radius 1 is 1.35 bits per heavy atom. The van der Waals surface area contributed by atoms with Gasteiger partial charge in [-0.1, -0.05) is 11.2 Å². The molecule has 0 aliphatic carbocycles. The van der Waals surface area contributed by atoms with Gasteiger partial charge in [-0.2, -0.15) is 0 Å². The molecule has 2 aromatic rings. The smallest absolute Gasteiger partial charge is 0.350 e. The number of amides is 2. The molecule has 37 heavy (non-hydrogen) atoms. The predicted octanol–water partition coefficient (Wildman–Crippen LogP) is -1.30. The van der Waals surface area contributed by atoms with Crippen LogP contribution in [0.2, 0.25) is 0 Å². The molecule has 13 nitrogen and oxygen atoms in total. The van der Waals surface area contributed by atoms with Crippen molar-refractivity contribution in [2.24, 2.45) is 5.16 Å². The maximum Gasteiger partial charge on any atom is 0.350 e. The van der Waals surface area contributed by atoms with Crippen molar-refractivity contribution in [3.05, 3.63) is 52.9 Å². The Kier molecular flexibility index (Phi) is 7.18. The molecule has 0 unspecified atom stereocenters. The van der Waals surface area contributed by atoms with Crippen LogP contribution in [-0.4, -0.2) is 67.2 Å². The van der Waals surface area contributed by atoms with Crippen LogP contribution in [0.25, 0.3) is 0 Å². The van der Waals surface area contributed by atoms with Gasteiger partial charge in [0.05, 0.1) is 11.7 Å². The van der Waals surface area contributed by atoms with E-state index in [0.717, 1.165) is 16.2 Å². The molecule has 0 spiro atoms. The molecule has 4 rings (SSSR count). The second kappa shape index (κ2) is 10.2. The molecule has 0 saturated carbocycles.